The van der Waals surface area contributed by atoms with Crippen molar-refractivity contribution >= 4 is 17.8 Å². The van der Waals surface area contributed by atoms with Gasteiger partial charge in [0.15, 0.2) is 0 Å². The lowest BCUT2D eigenvalue weighted by Crippen LogP contribution is -2.39. The first-order valence-electron chi connectivity index (χ1n) is 8.45. The number of hydrogen-bond donors (Lipinski definition) is 0. The third-order valence-electron chi connectivity index (χ3n) is 5.46. The van der Waals surface area contributed by atoms with E-state index in [1.54, 1.807) is 16.8 Å². The van der Waals surface area contributed by atoms with Crippen LogP contribution in [0.15, 0.2) is 18.5 Å². The Hall–Kier alpha value is -2.44. The highest BCUT2D eigenvalue weighted by molar-refractivity contribution is 5.97. The van der Waals surface area contributed by atoms with Gasteiger partial charge in [-0.25, -0.2) is 4.79 Å². The highest BCUT2D eigenvalue weighted by Gasteiger charge is 2.42. The molecule has 3 rings (SSSR count). The van der Waals surface area contributed by atoms with Crippen LogP contribution in [0.3, 0.4) is 0 Å². The fraction of sp³-hybridized carbons (Fsp3) is 0.556. The Kier molecular flexibility index (Phi) is 4.74. The quantitative estimate of drug-likeness (QED) is 0.769. The molecule has 1 saturated heterocycles. The summed E-state index contributed by atoms with van der Waals surface area (Å²) in [6.45, 7) is 0.765. The zero-order valence-corrected chi connectivity index (χ0v) is 14.8. The molecule has 2 aliphatic rings. The van der Waals surface area contributed by atoms with Crippen LogP contribution in [0.5, 0.6) is 0 Å². The molecule has 0 bridgehead atoms. The molecule has 3 atom stereocenters. The predicted octanol–water partition coefficient (Wildman–Crippen LogP) is 1.20. The number of nitrogens with zero attached hydrogens (tertiary/aromatic N) is 3. The average Bonchev–Trinajstić information content (AvgIpc) is 3.02. The number of likely N-dealkylation sites (tertiary alicyclic amines) is 1. The molecular weight excluding hydrogens is 322 g/mol. The standard InChI is InChI=1S/C18H23N3O4/c1-20-10-14-6-15(5-11(14)7-16(20)22)21(2)17(23)12-4-13(9-19-8-12)18(24)25-3/h4,8-9,11,14-15H,5-7,10H2,1-3H3/t11-,14+,15-/m0/s1. The van der Waals surface area contributed by atoms with Crippen molar-refractivity contribution in [1.29, 1.82) is 0 Å². The molecule has 134 valence electrons. The molecule has 25 heavy (non-hydrogen) atoms. The summed E-state index contributed by atoms with van der Waals surface area (Å²) >= 11 is 0. The first-order chi connectivity index (χ1) is 11.9. The molecule has 2 heterocycles. The highest BCUT2D eigenvalue weighted by atomic mass is 16.5. The van der Waals surface area contributed by atoms with E-state index in [1.807, 2.05) is 7.05 Å². The molecule has 0 unspecified atom stereocenters. The molecule has 0 spiro atoms. The van der Waals surface area contributed by atoms with E-state index in [-0.39, 0.29) is 23.4 Å². The van der Waals surface area contributed by atoms with E-state index in [0.717, 1.165) is 19.4 Å². The topological polar surface area (TPSA) is 79.8 Å². The lowest BCUT2D eigenvalue weighted by atomic mass is 9.88. The van der Waals surface area contributed by atoms with Crippen molar-refractivity contribution in [3.8, 4) is 0 Å². The Morgan fingerprint density at radius 1 is 1.24 bits per heavy atom. The van der Waals surface area contributed by atoms with Crippen LogP contribution in [-0.4, -0.2) is 66.4 Å². The van der Waals surface area contributed by atoms with E-state index >= 15 is 0 Å². The van der Waals surface area contributed by atoms with Gasteiger partial charge in [0.2, 0.25) is 5.91 Å². The fourth-order valence-electron chi connectivity index (χ4n) is 3.96. The van der Waals surface area contributed by atoms with E-state index in [1.165, 1.54) is 25.6 Å². The molecule has 0 aromatic carbocycles. The Labute approximate surface area is 147 Å². The molecule has 1 aliphatic carbocycles. The zero-order chi connectivity index (χ0) is 18.1. The molecule has 1 aromatic rings. The highest BCUT2D eigenvalue weighted by Crippen LogP contribution is 2.40. The summed E-state index contributed by atoms with van der Waals surface area (Å²) in [5, 5.41) is 0. The number of carbonyl (C=O) groups is 3. The Bertz CT molecular complexity index is 705. The van der Waals surface area contributed by atoms with Crippen LogP contribution in [0.2, 0.25) is 0 Å². The number of carbonyl (C=O) groups excluding carboxylic acids is 3. The summed E-state index contributed by atoms with van der Waals surface area (Å²) in [7, 11) is 4.91. The summed E-state index contributed by atoms with van der Waals surface area (Å²) in [4.78, 5) is 43.8. The number of amides is 2. The number of methoxy groups -OCH3 is 1. The Morgan fingerprint density at radius 3 is 2.64 bits per heavy atom. The van der Waals surface area contributed by atoms with Gasteiger partial charge in [0.1, 0.15) is 0 Å². The predicted molar refractivity (Wildman–Crippen MR) is 89.9 cm³/mol. The molecule has 1 aromatic heterocycles. The van der Waals surface area contributed by atoms with Crippen molar-refractivity contribution in [3.63, 3.8) is 0 Å². The van der Waals surface area contributed by atoms with Gasteiger partial charge in [-0.2, -0.15) is 0 Å². The van der Waals surface area contributed by atoms with Crippen LogP contribution in [-0.2, 0) is 9.53 Å². The maximum absolute atomic E-state index is 12.8. The number of esters is 1. The van der Waals surface area contributed by atoms with Crippen LogP contribution in [0.25, 0.3) is 0 Å². The van der Waals surface area contributed by atoms with Crippen molar-refractivity contribution < 1.29 is 19.1 Å². The van der Waals surface area contributed by atoms with Crippen molar-refractivity contribution in [2.75, 3.05) is 27.7 Å². The lowest BCUT2D eigenvalue weighted by Gasteiger charge is -2.31. The SMILES string of the molecule is COC(=O)c1cncc(C(=O)N(C)[C@H]2C[C@H]3CC(=O)N(C)C[C@H]3C2)c1. The van der Waals surface area contributed by atoms with Gasteiger partial charge >= 0.3 is 5.97 Å². The van der Waals surface area contributed by atoms with E-state index in [2.05, 4.69) is 9.72 Å². The fourth-order valence-corrected chi connectivity index (χ4v) is 3.96. The van der Waals surface area contributed by atoms with Gasteiger partial charge in [0.05, 0.1) is 18.2 Å². The van der Waals surface area contributed by atoms with Gasteiger partial charge in [0, 0.05) is 45.5 Å². The molecule has 0 N–H and O–H groups in total. The minimum Gasteiger partial charge on any atom is -0.465 e. The number of aromatic nitrogens is 1. The number of fused-ring (bicyclic) bond motifs is 1. The largest absolute Gasteiger partial charge is 0.465 e. The average molecular weight is 345 g/mol. The van der Waals surface area contributed by atoms with E-state index in [4.69, 9.17) is 0 Å². The summed E-state index contributed by atoms with van der Waals surface area (Å²) in [5.74, 6) is 0.302. The van der Waals surface area contributed by atoms with Gasteiger partial charge in [-0.15, -0.1) is 0 Å². The van der Waals surface area contributed by atoms with E-state index in [9.17, 15) is 14.4 Å². The van der Waals surface area contributed by atoms with Crippen LogP contribution in [0, 0.1) is 11.8 Å². The monoisotopic (exact) mass is 345 g/mol. The molecule has 7 nitrogen and oxygen atoms in total. The van der Waals surface area contributed by atoms with Crippen molar-refractivity contribution in [2.45, 2.75) is 25.3 Å². The number of piperidine rings is 1. The molecule has 1 aliphatic heterocycles. The zero-order valence-electron chi connectivity index (χ0n) is 14.8. The first kappa shape index (κ1) is 17.4. The Morgan fingerprint density at radius 2 is 1.92 bits per heavy atom. The number of ether oxygens (including phenoxy) is 1. The van der Waals surface area contributed by atoms with Gasteiger partial charge < -0.3 is 14.5 Å². The first-order valence-corrected chi connectivity index (χ1v) is 8.45. The number of hydrogen-bond acceptors (Lipinski definition) is 5. The van der Waals surface area contributed by atoms with Gasteiger partial charge in [-0.05, 0) is 30.7 Å². The van der Waals surface area contributed by atoms with Crippen LogP contribution in [0.1, 0.15) is 40.0 Å². The molecule has 1 saturated carbocycles. The third kappa shape index (κ3) is 3.36. The normalized spacial score (nSPS) is 25.5. The summed E-state index contributed by atoms with van der Waals surface area (Å²) < 4.78 is 4.68. The van der Waals surface area contributed by atoms with Gasteiger partial charge in [0.25, 0.3) is 5.91 Å². The van der Waals surface area contributed by atoms with Crippen molar-refractivity contribution in [2.24, 2.45) is 11.8 Å². The summed E-state index contributed by atoms with van der Waals surface area (Å²) in [6.07, 6.45) is 5.16. The minimum atomic E-state index is -0.516. The number of rotatable bonds is 3. The van der Waals surface area contributed by atoms with Crippen LogP contribution in [0.4, 0.5) is 0 Å². The van der Waals surface area contributed by atoms with Gasteiger partial charge in [-0.1, -0.05) is 0 Å². The van der Waals surface area contributed by atoms with E-state index in [0.29, 0.717) is 23.8 Å². The maximum atomic E-state index is 12.8. The second kappa shape index (κ2) is 6.82. The summed E-state index contributed by atoms with van der Waals surface area (Å²) in [5.41, 5.74) is 0.627. The molecule has 0 radical (unpaired) electrons. The third-order valence-corrected chi connectivity index (χ3v) is 5.46. The second-order valence-electron chi connectivity index (χ2n) is 6.99. The molecule has 2 fully saturated rings. The molecule has 2 amide bonds. The van der Waals surface area contributed by atoms with E-state index < -0.39 is 5.97 Å². The second-order valence-corrected chi connectivity index (χ2v) is 6.99. The summed E-state index contributed by atoms with van der Waals surface area (Å²) in [6, 6.07) is 1.61. The van der Waals surface area contributed by atoms with Gasteiger partial charge in [-0.3, -0.25) is 14.6 Å². The number of pyridine rings is 1. The van der Waals surface area contributed by atoms with Crippen LogP contribution < -0.4 is 0 Å². The smallest absolute Gasteiger partial charge is 0.339 e. The van der Waals surface area contributed by atoms with Crippen molar-refractivity contribution in [1.82, 2.24) is 14.8 Å². The Balaban J connectivity index is 1.71. The minimum absolute atomic E-state index is 0.101. The maximum Gasteiger partial charge on any atom is 0.339 e. The molecule has 7 heteroatoms. The van der Waals surface area contributed by atoms with Crippen LogP contribution >= 0.6 is 0 Å². The molecular formula is C18H23N3O4. The van der Waals surface area contributed by atoms with Crippen molar-refractivity contribution in [3.05, 3.63) is 29.6 Å². The lowest BCUT2D eigenvalue weighted by molar-refractivity contribution is -0.134.